The van der Waals surface area contributed by atoms with Crippen molar-refractivity contribution in [1.29, 1.82) is 5.26 Å². The topological polar surface area (TPSA) is 129 Å². The fourth-order valence-corrected chi connectivity index (χ4v) is 3.01. The third-order valence-corrected chi connectivity index (χ3v) is 5.12. The fourth-order valence-electron chi connectivity index (χ4n) is 3.01. The van der Waals surface area contributed by atoms with Crippen LogP contribution in [0.2, 0.25) is 0 Å². The van der Waals surface area contributed by atoms with Gasteiger partial charge in [-0.2, -0.15) is 5.26 Å². The van der Waals surface area contributed by atoms with Gasteiger partial charge in [-0.15, -0.1) is 5.16 Å². The van der Waals surface area contributed by atoms with Gasteiger partial charge in [0.2, 0.25) is 0 Å². The molecule has 188 valence electrons. The molecule has 0 amide bonds. The van der Waals surface area contributed by atoms with Crippen LogP contribution in [-0.4, -0.2) is 74.6 Å². The van der Waals surface area contributed by atoms with E-state index in [2.05, 4.69) is 92.1 Å². The second-order valence-corrected chi connectivity index (χ2v) is 9.37. The van der Waals surface area contributed by atoms with Crippen LogP contribution in [0.3, 0.4) is 0 Å². The van der Waals surface area contributed by atoms with Crippen LogP contribution in [0.1, 0.15) is 75.6 Å². The van der Waals surface area contributed by atoms with Gasteiger partial charge in [0.1, 0.15) is 0 Å². The van der Waals surface area contributed by atoms with Crippen molar-refractivity contribution < 1.29 is 76.0 Å². The Kier molecular flexibility index (Phi) is 33.6. The first kappa shape index (κ1) is 43.7. The van der Waals surface area contributed by atoms with Crippen molar-refractivity contribution in [2.75, 3.05) is 0 Å². The molecule has 1 N–H and O–H groups in total. The zero-order valence-corrected chi connectivity index (χ0v) is 34.1. The van der Waals surface area contributed by atoms with E-state index in [-0.39, 0.29) is 63.2 Å². The first-order valence-corrected chi connectivity index (χ1v) is 29.3. The van der Waals surface area contributed by atoms with E-state index in [0.717, 1.165) is 12.8 Å². The van der Waals surface area contributed by atoms with Crippen LogP contribution in [0, 0.1) is 23.2 Å². The molecule has 3 unspecified atom stereocenters. The van der Waals surface area contributed by atoms with Crippen LogP contribution < -0.4 is 61.5 Å². The zero-order valence-electron chi connectivity index (χ0n) is 23.8. The zero-order chi connectivity index (χ0) is 28.1. The maximum atomic E-state index is 8.87. The molecule has 0 spiro atoms. The first-order valence-electron chi connectivity index (χ1n) is 12.2. The maximum absolute atomic E-state index is 8.87. The summed E-state index contributed by atoms with van der Waals surface area (Å²) < 4.78 is 11.3. The average molecular weight is 605 g/mol. The minimum atomic E-state index is -3.15. The normalized spacial score (nSPS) is 12.0. The fraction of sp³-hybridized carbons (Fsp3) is 0.462. The van der Waals surface area contributed by atoms with Crippen LogP contribution >= 0.6 is 8.25 Å². The molecule has 11 heteroatoms. The van der Waals surface area contributed by atoms with Crippen molar-refractivity contribution in [3.05, 3.63) is 70.8 Å². The monoisotopic (exact) mass is 604 g/mol. The summed E-state index contributed by atoms with van der Waals surface area (Å²) in [6.45, 7) is 12.7. The van der Waals surface area contributed by atoms with Gasteiger partial charge in [0.15, 0.2) is 0 Å². The van der Waals surface area contributed by atoms with E-state index in [1.54, 1.807) is 6.21 Å². The molecule has 0 saturated heterocycles. The predicted molar refractivity (Wildman–Crippen MR) is 143 cm³/mol. The number of nitrogens with zero attached hydrogens (tertiary/aromatic N) is 2. The Labute approximate surface area is 311 Å². The minimum absolute atomic E-state index is 0. The van der Waals surface area contributed by atoms with Gasteiger partial charge >= 0.3 is 123 Å². The molecule has 3 atom stereocenters. The summed E-state index contributed by atoms with van der Waals surface area (Å²) in [6, 6.07) is 19.5. The van der Waals surface area contributed by atoms with Crippen LogP contribution in [-0.2, 0) is 22.1 Å². The molecule has 0 aliphatic rings. The van der Waals surface area contributed by atoms with Gasteiger partial charge in [-0.05, 0) is 64.3 Å². The SMILES string of the molecule is CC(/C=N/O)Cc1ccc(C(C)C)cc1.CC(C#N)Cc1ccc(C(C)C)cc1.O=[P+]([O-])O[O-].[K+].[K][K]. The Bertz CT molecular complexity index is 906. The Hall–Kier alpha value is 2.29. The Balaban J connectivity index is -0.000000491. The molecule has 7 nitrogen and oxygen atoms in total. The second-order valence-electron chi connectivity index (χ2n) is 8.77. The van der Waals surface area contributed by atoms with E-state index >= 15 is 0 Å². The van der Waals surface area contributed by atoms with Gasteiger partial charge in [-0.1, -0.05) is 83.1 Å². The van der Waals surface area contributed by atoms with Crippen molar-refractivity contribution in [2.45, 2.75) is 66.2 Å². The van der Waals surface area contributed by atoms with E-state index in [4.69, 9.17) is 25.2 Å². The Morgan fingerprint density at radius 1 is 0.946 bits per heavy atom. The van der Waals surface area contributed by atoms with Gasteiger partial charge in [0.05, 0.1) is 6.07 Å². The molecule has 0 radical (unpaired) electrons. The number of benzene rings is 2. The summed E-state index contributed by atoms with van der Waals surface area (Å²) in [5.74, 6) is 1.55. The third kappa shape index (κ3) is 24.6. The van der Waals surface area contributed by atoms with Crippen LogP contribution in [0.5, 0.6) is 0 Å². The number of hydrogen-bond donors (Lipinski definition) is 1. The van der Waals surface area contributed by atoms with E-state index in [1.807, 2.05) is 13.8 Å². The molecule has 2 aromatic rings. The second kappa shape index (κ2) is 28.4. The summed E-state index contributed by atoms with van der Waals surface area (Å²) in [5.41, 5.74) is 5.26. The van der Waals surface area contributed by atoms with Crippen molar-refractivity contribution >= 4 is 77.6 Å². The van der Waals surface area contributed by atoms with E-state index in [9.17, 15) is 0 Å². The number of nitriles is 1. The number of oxime groups is 1. The molecule has 0 bridgehead atoms. The summed E-state index contributed by atoms with van der Waals surface area (Å²) in [5, 5.41) is 28.7. The van der Waals surface area contributed by atoms with Gasteiger partial charge in [0.25, 0.3) is 0 Å². The molecular weight excluding hydrogens is 569 g/mol. The number of rotatable bonds is 8. The molecule has 37 heavy (non-hydrogen) atoms. The van der Waals surface area contributed by atoms with Crippen LogP contribution in [0.4, 0.5) is 0 Å². The molecule has 0 aromatic heterocycles. The third-order valence-electron chi connectivity index (χ3n) is 4.99. The Morgan fingerprint density at radius 3 is 1.57 bits per heavy atom. The molecule has 0 fully saturated rings. The summed E-state index contributed by atoms with van der Waals surface area (Å²) in [7, 11) is -3.15. The van der Waals surface area contributed by atoms with Crippen LogP contribution in [0.25, 0.3) is 0 Å². The van der Waals surface area contributed by atoms with Gasteiger partial charge in [-0.3, -0.25) is 0 Å². The van der Waals surface area contributed by atoms with Gasteiger partial charge in [0, 0.05) is 12.1 Å². The quantitative estimate of drug-likeness (QED) is 0.121. The van der Waals surface area contributed by atoms with Gasteiger partial charge in [-0.25, -0.2) is 4.67 Å². The summed E-state index contributed by atoms with van der Waals surface area (Å²) in [6.07, 6.45) is 3.34. The molecule has 2 rings (SSSR count). The molecule has 0 aliphatic heterocycles. The predicted octanol–water partition coefficient (Wildman–Crippen LogP) is 1.50. The number of hydrogen-bond acceptors (Lipinski definition) is 7. The molecule has 0 heterocycles. The first-order chi connectivity index (χ1) is 17.0. The summed E-state index contributed by atoms with van der Waals surface area (Å²) >= 11 is 2.50. The van der Waals surface area contributed by atoms with E-state index in [0.29, 0.717) is 11.8 Å². The average Bonchev–Trinajstić information content (AvgIpc) is 2.86. The summed E-state index contributed by atoms with van der Waals surface area (Å²) in [4.78, 5) is 8.87. The van der Waals surface area contributed by atoms with Crippen molar-refractivity contribution in [3.8, 4) is 6.07 Å². The van der Waals surface area contributed by atoms with Crippen LogP contribution in [0.15, 0.2) is 53.7 Å². The molecule has 0 saturated carbocycles. The molecular formula is C26H36K3N2O5P. The van der Waals surface area contributed by atoms with Crippen molar-refractivity contribution in [1.82, 2.24) is 0 Å². The molecule has 0 aliphatic carbocycles. The van der Waals surface area contributed by atoms with Gasteiger partial charge < -0.3 is 15.4 Å². The standard InChI is InChI=1S/C13H19NO.C13H17N.3K.HO4P/c1-10(2)13-6-4-12(5-7-13)8-11(3)9-14-15;1-10(2)13-6-4-12(5-7-13)8-11(3)9-14;;;;1-4-5(2)3/h4-7,9-11,15H,8H2,1-3H3;4-7,10-11H,8H2,1-3H3;;;;1H/q;;;;+1;/p-1/b14-9+;;;;;. The van der Waals surface area contributed by atoms with Crippen molar-refractivity contribution in [3.63, 3.8) is 0 Å². The molecule has 2 aromatic carbocycles. The van der Waals surface area contributed by atoms with E-state index in [1.165, 1.54) is 85.4 Å². The van der Waals surface area contributed by atoms with E-state index < -0.39 is 8.25 Å². The Morgan fingerprint density at radius 2 is 1.30 bits per heavy atom. The van der Waals surface area contributed by atoms with Crippen molar-refractivity contribution in [2.24, 2.45) is 17.0 Å².